The minimum atomic E-state index is -0.410. The van der Waals surface area contributed by atoms with E-state index in [-0.39, 0.29) is 11.8 Å². The Balaban J connectivity index is 1.68. The Morgan fingerprint density at radius 3 is 1.74 bits per heavy atom. The number of anilines is 2. The van der Waals surface area contributed by atoms with Crippen molar-refractivity contribution in [3.05, 3.63) is 65.2 Å². The van der Waals surface area contributed by atoms with Crippen LogP contribution in [-0.4, -0.2) is 18.9 Å². The summed E-state index contributed by atoms with van der Waals surface area (Å²) in [5, 5.41) is 5.82. The maximum atomic E-state index is 12.8. The molecule has 2 N–H and O–H groups in total. The third-order valence-electron chi connectivity index (χ3n) is 4.58. The van der Waals surface area contributed by atoms with Crippen LogP contribution in [0.2, 0.25) is 0 Å². The number of rotatable bonds is 5. The molecule has 0 aromatic heterocycles. The van der Waals surface area contributed by atoms with Crippen molar-refractivity contribution in [3.8, 4) is 5.75 Å². The molecule has 1 aliphatic rings. The Hall–Kier alpha value is -2.60. The number of allylic oxidation sites excluding steroid dienone is 2. The van der Waals surface area contributed by atoms with Crippen molar-refractivity contribution in [2.45, 2.75) is 12.8 Å². The van der Waals surface area contributed by atoms with Crippen LogP contribution in [0, 0.1) is 11.8 Å². The number of nitrogens with one attached hydrogen (secondary N) is 2. The highest BCUT2D eigenvalue weighted by atomic mass is 79.9. The van der Waals surface area contributed by atoms with Crippen molar-refractivity contribution in [1.29, 1.82) is 0 Å². The number of methoxy groups -OCH3 is 1. The van der Waals surface area contributed by atoms with Gasteiger partial charge in [-0.05, 0) is 61.4 Å². The second-order valence-electron chi connectivity index (χ2n) is 6.37. The van der Waals surface area contributed by atoms with Crippen LogP contribution in [0.15, 0.2) is 65.2 Å². The molecule has 2 unspecified atom stereocenters. The predicted octanol–water partition coefficient (Wildman–Crippen LogP) is 4.62. The minimum Gasteiger partial charge on any atom is -0.497 e. The minimum absolute atomic E-state index is 0.142. The second kappa shape index (κ2) is 8.86. The van der Waals surface area contributed by atoms with E-state index in [4.69, 9.17) is 4.74 Å². The van der Waals surface area contributed by atoms with Gasteiger partial charge in [0, 0.05) is 15.8 Å². The Kier molecular flexibility index (Phi) is 6.29. The first kappa shape index (κ1) is 19.2. The van der Waals surface area contributed by atoms with Gasteiger partial charge in [0.15, 0.2) is 0 Å². The normalized spacial score (nSPS) is 18.6. The van der Waals surface area contributed by atoms with E-state index in [1.165, 1.54) is 0 Å². The Morgan fingerprint density at radius 1 is 0.852 bits per heavy atom. The summed E-state index contributed by atoms with van der Waals surface area (Å²) in [5.41, 5.74) is 1.40. The largest absolute Gasteiger partial charge is 0.497 e. The lowest BCUT2D eigenvalue weighted by atomic mass is 9.81. The Labute approximate surface area is 166 Å². The van der Waals surface area contributed by atoms with Crippen molar-refractivity contribution in [1.82, 2.24) is 0 Å². The van der Waals surface area contributed by atoms with Gasteiger partial charge >= 0.3 is 0 Å². The van der Waals surface area contributed by atoms with Crippen molar-refractivity contribution < 1.29 is 14.3 Å². The zero-order valence-electron chi connectivity index (χ0n) is 14.9. The monoisotopic (exact) mass is 428 g/mol. The van der Waals surface area contributed by atoms with E-state index in [1.54, 1.807) is 31.4 Å². The molecule has 5 nitrogen and oxygen atoms in total. The van der Waals surface area contributed by atoms with E-state index < -0.39 is 11.8 Å². The number of halogens is 1. The first-order chi connectivity index (χ1) is 13.1. The molecule has 6 heteroatoms. The van der Waals surface area contributed by atoms with Crippen LogP contribution in [0.4, 0.5) is 11.4 Å². The lowest BCUT2D eigenvalue weighted by Gasteiger charge is -2.26. The summed E-state index contributed by atoms with van der Waals surface area (Å²) in [6, 6.07) is 14.5. The highest BCUT2D eigenvalue weighted by Crippen LogP contribution is 2.29. The number of carbonyl (C=O) groups is 2. The molecule has 0 bridgehead atoms. The number of ether oxygens (including phenoxy) is 1. The van der Waals surface area contributed by atoms with Crippen LogP contribution in [0.3, 0.4) is 0 Å². The molecule has 0 saturated heterocycles. The average Bonchev–Trinajstić information content (AvgIpc) is 2.70. The van der Waals surface area contributed by atoms with E-state index in [2.05, 4.69) is 26.6 Å². The lowest BCUT2D eigenvalue weighted by Crippen LogP contribution is -2.37. The fourth-order valence-corrected chi connectivity index (χ4v) is 3.34. The molecule has 0 heterocycles. The third-order valence-corrected chi connectivity index (χ3v) is 5.10. The number of amides is 2. The summed E-state index contributed by atoms with van der Waals surface area (Å²) >= 11 is 3.37. The van der Waals surface area contributed by atoms with Crippen LogP contribution in [0.1, 0.15) is 12.8 Å². The van der Waals surface area contributed by atoms with Gasteiger partial charge in [-0.2, -0.15) is 0 Å². The predicted molar refractivity (Wildman–Crippen MR) is 110 cm³/mol. The van der Waals surface area contributed by atoms with Gasteiger partial charge in [-0.1, -0.05) is 28.1 Å². The molecule has 2 atom stereocenters. The van der Waals surface area contributed by atoms with Gasteiger partial charge in [0.1, 0.15) is 5.75 Å². The van der Waals surface area contributed by atoms with Crippen molar-refractivity contribution in [3.63, 3.8) is 0 Å². The number of hydrogen-bond acceptors (Lipinski definition) is 3. The Bertz CT molecular complexity index is 832. The van der Waals surface area contributed by atoms with Crippen LogP contribution in [0.5, 0.6) is 5.75 Å². The van der Waals surface area contributed by atoms with Crippen molar-refractivity contribution in [2.24, 2.45) is 11.8 Å². The molecular weight excluding hydrogens is 408 g/mol. The molecule has 3 rings (SSSR count). The summed E-state index contributed by atoms with van der Waals surface area (Å²) in [6.45, 7) is 0. The fraction of sp³-hybridized carbons (Fsp3) is 0.238. The highest BCUT2D eigenvalue weighted by Gasteiger charge is 2.34. The van der Waals surface area contributed by atoms with Crippen LogP contribution >= 0.6 is 15.9 Å². The van der Waals surface area contributed by atoms with Crippen LogP contribution in [-0.2, 0) is 9.59 Å². The first-order valence-electron chi connectivity index (χ1n) is 8.73. The molecule has 0 spiro atoms. The van der Waals surface area contributed by atoms with Gasteiger partial charge in [-0.3, -0.25) is 9.59 Å². The van der Waals surface area contributed by atoms with Crippen molar-refractivity contribution in [2.75, 3.05) is 17.7 Å². The Morgan fingerprint density at radius 2 is 1.30 bits per heavy atom. The molecule has 27 heavy (non-hydrogen) atoms. The molecule has 1 aliphatic carbocycles. The van der Waals surface area contributed by atoms with E-state index in [1.807, 2.05) is 36.4 Å². The van der Waals surface area contributed by atoms with E-state index in [0.717, 1.165) is 10.2 Å². The smallest absolute Gasteiger partial charge is 0.228 e. The van der Waals surface area contributed by atoms with Gasteiger partial charge in [-0.25, -0.2) is 0 Å². The van der Waals surface area contributed by atoms with Gasteiger partial charge in [-0.15, -0.1) is 0 Å². The summed E-state index contributed by atoms with van der Waals surface area (Å²) in [6.07, 6.45) is 5.01. The molecule has 0 saturated carbocycles. The molecule has 0 aliphatic heterocycles. The molecular formula is C21H21BrN2O3. The molecule has 2 aromatic rings. The number of carbonyl (C=O) groups excluding carboxylic acids is 2. The quantitative estimate of drug-likeness (QED) is 0.682. The van der Waals surface area contributed by atoms with E-state index >= 15 is 0 Å². The fourth-order valence-electron chi connectivity index (χ4n) is 3.07. The van der Waals surface area contributed by atoms with Crippen LogP contribution in [0.25, 0.3) is 0 Å². The lowest BCUT2D eigenvalue weighted by molar-refractivity contribution is -0.129. The highest BCUT2D eigenvalue weighted by molar-refractivity contribution is 9.10. The molecule has 2 aromatic carbocycles. The van der Waals surface area contributed by atoms with Gasteiger partial charge in [0.05, 0.1) is 18.9 Å². The molecule has 140 valence electrons. The summed E-state index contributed by atoms with van der Waals surface area (Å²) in [4.78, 5) is 25.5. The first-order valence-corrected chi connectivity index (χ1v) is 9.52. The number of benzene rings is 2. The van der Waals surface area contributed by atoms with Gasteiger partial charge in [0.25, 0.3) is 0 Å². The van der Waals surface area contributed by atoms with E-state index in [0.29, 0.717) is 24.2 Å². The van der Waals surface area contributed by atoms with E-state index in [9.17, 15) is 9.59 Å². The molecule has 0 radical (unpaired) electrons. The average molecular weight is 429 g/mol. The second-order valence-corrected chi connectivity index (χ2v) is 7.29. The third kappa shape index (κ3) is 4.98. The summed E-state index contributed by atoms with van der Waals surface area (Å²) in [5.74, 6) is -0.387. The van der Waals surface area contributed by atoms with Crippen molar-refractivity contribution >= 4 is 39.1 Å². The zero-order chi connectivity index (χ0) is 19.2. The van der Waals surface area contributed by atoms with Crippen LogP contribution < -0.4 is 15.4 Å². The summed E-state index contributed by atoms with van der Waals surface area (Å²) < 4.78 is 6.07. The standard InChI is InChI=1S/C21H21BrN2O3/c1-27-17-12-10-16(11-13-17)24-21(26)19-5-3-2-4-18(19)20(25)23-15-8-6-14(22)7-9-15/h2-3,6-13,18-19H,4-5H2,1H3,(H,23,25)(H,24,26). The SMILES string of the molecule is COc1ccc(NC(=O)C2CC=CCC2C(=O)Nc2ccc(Br)cc2)cc1. The zero-order valence-corrected chi connectivity index (χ0v) is 16.5. The summed E-state index contributed by atoms with van der Waals surface area (Å²) in [7, 11) is 1.59. The molecule has 0 fully saturated rings. The molecule has 2 amide bonds. The maximum Gasteiger partial charge on any atom is 0.228 e. The number of hydrogen-bond donors (Lipinski definition) is 2. The maximum absolute atomic E-state index is 12.8. The van der Waals surface area contributed by atoms with Gasteiger partial charge in [0.2, 0.25) is 11.8 Å². The topological polar surface area (TPSA) is 67.4 Å². The van der Waals surface area contributed by atoms with Gasteiger partial charge < -0.3 is 15.4 Å².